The summed E-state index contributed by atoms with van der Waals surface area (Å²) in [4.78, 5) is 7.79. The zero-order valence-corrected chi connectivity index (χ0v) is 9.42. The third-order valence-electron chi connectivity index (χ3n) is 2.21. The summed E-state index contributed by atoms with van der Waals surface area (Å²) >= 11 is 0. The summed E-state index contributed by atoms with van der Waals surface area (Å²) in [5, 5.41) is 7.29. The second kappa shape index (κ2) is 4.58. The van der Waals surface area contributed by atoms with Crippen LogP contribution in [-0.4, -0.2) is 16.8 Å². The van der Waals surface area contributed by atoms with Crippen LogP contribution in [0.1, 0.15) is 5.56 Å². The minimum absolute atomic E-state index is 0.0166. The molecule has 0 saturated heterocycles. The normalized spacial score (nSPS) is 10.0. The molecule has 7 nitrogen and oxygen atoms in total. The Bertz CT molecular complexity index is 594. The van der Waals surface area contributed by atoms with Crippen LogP contribution >= 0.6 is 0 Å². The van der Waals surface area contributed by atoms with Crippen LogP contribution in [0.5, 0.6) is 0 Å². The van der Waals surface area contributed by atoms with Gasteiger partial charge in [0.25, 0.3) is 0 Å². The molecule has 1 aromatic heterocycles. The number of rotatable bonds is 3. The number of oxazole rings is 1. The van der Waals surface area contributed by atoms with E-state index in [1.54, 1.807) is 24.3 Å². The fraction of sp³-hybridized carbons (Fsp3) is 0. The molecule has 0 fully saturated rings. The van der Waals surface area contributed by atoms with Crippen molar-refractivity contribution in [2.75, 3.05) is 0 Å². The summed E-state index contributed by atoms with van der Waals surface area (Å²) in [5.74, 6) is -0.0989. The van der Waals surface area contributed by atoms with Gasteiger partial charge in [0.15, 0.2) is 5.96 Å². The van der Waals surface area contributed by atoms with E-state index in [1.165, 1.54) is 6.26 Å². The molecule has 0 bridgehead atoms. The van der Waals surface area contributed by atoms with Gasteiger partial charge in [-0.05, 0) is 0 Å². The predicted molar refractivity (Wildman–Crippen MR) is 68.4 cm³/mol. The maximum absolute atomic E-state index is 7.29. The molecule has 1 heterocycles. The Morgan fingerprint density at radius 2 is 1.83 bits per heavy atom. The molecule has 0 amide bonds. The summed E-state index contributed by atoms with van der Waals surface area (Å²) in [6.45, 7) is 0. The Labute approximate surface area is 103 Å². The zero-order valence-electron chi connectivity index (χ0n) is 9.42. The minimum atomic E-state index is -0.115. The number of nitrogens with two attached hydrogens (primary N) is 3. The first-order valence-electron chi connectivity index (χ1n) is 5.06. The number of nitrogen functional groups attached to an aromatic ring is 1. The van der Waals surface area contributed by atoms with Crippen LogP contribution in [0.2, 0.25) is 0 Å². The van der Waals surface area contributed by atoms with Gasteiger partial charge in [-0.2, -0.15) is 9.98 Å². The van der Waals surface area contributed by atoms with Gasteiger partial charge in [0.1, 0.15) is 17.8 Å². The fourth-order valence-corrected chi connectivity index (χ4v) is 1.38. The van der Waals surface area contributed by atoms with Gasteiger partial charge >= 0.3 is 6.01 Å². The summed E-state index contributed by atoms with van der Waals surface area (Å²) in [5.41, 5.74) is 17.9. The third kappa shape index (κ3) is 2.46. The summed E-state index contributed by atoms with van der Waals surface area (Å²) in [6, 6.07) is 7.13. The van der Waals surface area contributed by atoms with Gasteiger partial charge in [0.2, 0.25) is 0 Å². The van der Waals surface area contributed by atoms with Gasteiger partial charge < -0.3 is 21.6 Å². The maximum Gasteiger partial charge on any atom is 0.325 e. The molecule has 0 saturated carbocycles. The van der Waals surface area contributed by atoms with Crippen molar-refractivity contribution in [3.63, 3.8) is 0 Å². The molecule has 0 aliphatic heterocycles. The average Bonchev–Trinajstić information content (AvgIpc) is 2.76. The van der Waals surface area contributed by atoms with Gasteiger partial charge in [0.05, 0.1) is 0 Å². The van der Waals surface area contributed by atoms with E-state index in [9.17, 15) is 0 Å². The largest absolute Gasteiger partial charge is 0.430 e. The quantitative estimate of drug-likeness (QED) is 0.460. The lowest BCUT2D eigenvalue weighted by Gasteiger charge is -1.99. The number of nitrogens with zero attached hydrogens (tertiary/aromatic N) is 2. The molecule has 0 unspecified atom stereocenters. The van der Waals surface area contributed by atoms with E-state index in [0.29, 0.717) is 11.3 Å². The van der Waals surface area contributed by atoms with Crippen molar-refractivity contribution in [1.82, 2.24) is 4.98 Å². The van der Waals surface area contributed by atoms with E-state index in [4.69, 9.17) is 27.0 Å². The van der Waals surface area contributed by atoms with Crippen LogP contribution in [0.15, 0.2) is 39.9 Å². The van der Waals surface area contributed by atoms with Gasteiger partial charge in [-0.3, -0.25) is 5.41 Å². The molecule has 0 aliphatic rings. The number of benzene rings is 1. The van der Waals surface area contributed by atoms with Crippen molar-refractivity contribution in [3.8, 4) is 11.3 Å². The Morgan fingerprint density at radius 3 is 2.39 bits per heavy atom. The van der Waals surface area contributed by atoms with Crippen molar-refractivity contribution >= 4 is 17.8 Å². The zero-order chi connectivity index (χ0) is 13.1. The molecule has 92 valence electrons. The van der Waals surface area contributed by atoms with Crippen LogP contribution in [-0.2, 0) is 0 Å². The van der Waals surface area contributed by atoms with Gasteiger partial charge in [-0.15, -0.1) is 0 Å². The van der Waals surface area contributed by atoms with E-state index in [-0.39, 0.29) is 17.8 Å². The van der Waals surface area contributed by atoms with Crippen LogP contribution in [0.25, 0.3) is 11.3 Å². The highest BCUT2D eigenvalue weighted by atomic mass is 16.4. The first kappa shape index (κ1) is 11.6. The molecule has 2 rings (SSSR count). The molecular weight excluding hydrogens is 232 g/mol. The third-order valence-corrected chi connectivity index (χ3v) is 2.21. The van der Waals surface area contributed by atoms with Crippen molar-refractivity contribution in [2.24, 2.45) is 22.2 Å². The van der Waals surface area contributed by atoms with Gasteiger partial charge in [-0.1, -0.05) is 24.3 Å². The average molecular weight is 244 g/mol. The highest BCUT2D eigenvalue weighted by Gasteiger charge is 2.06. The highest BCUT2D eigenvalue weighted by molar-refractivity contribution is 5.95. The van der Waals surface area contributed by atoms with Crippen LogP contribution in [0.3, 0.4) is 0 Å². The lowest BCUT2D eigenvalue weighted by atomic mass is 10.1. The second-order valence-corrected chi connectivity index (χ2v) is 3.54. The molecule has 0 radical (unpaired) electrons. The SMILES string of the molecule is N=C(N)c1ccc(-c2coc(N=C(N)N)n2)cc1. The molecule has 2 aromatic rings. The fourth-order valence-electron chi connectivity index (χ4n) is 1.38. The first-order chi connectivity index (χ1) is 8.56. The molecule has 18 heavy (non-hydrogen) atoms. The molecular formula is C11H12N6O. The summed E-state index contributed by atoms with van der Waals surface area (Å²) in [7, 11) is 0. The van der Waals surface area contributed by atoms with Crippen LogP contribution < -0.4 is 17.2 Å². The van der Waals surface area contributed by atoms with Crippen molar-refractivity contribution in [1.29, 1.82) is 5.41 Å². The maximum atomic E-state index is 7.29. The van der Waals surface area contributed by atoms with Crippen molar-refractivity contribution < 1.29 is 4.42 Å². The molecule has 7 N–H and O–H groups in total. The summed E-state index contributed by atoms with van der Waals surface area (Å²) in [6.07, 6.45) is 1.45. The number of guanidine groups is 1. The van der Waals surface area contributed by atoms with E-state index < -0.39 is 0 Å². The summed E-state index contributed by atoms with van der Waals surface area (Å²) < 4.78 is 5.08. The lowest BCUT2D eigenvalue weighted by molar-refractivity contribution is 0.570. The smallest absolute Gasteiger partial charge is 0.325 e. The number of aliphatic imine (C=N–C) groups is 1. The predicted octanol–water partition coefficient (Wildman–Crippen LogP) is 0.531. The first-order valence-corrected chi connectivity index (χ1v) is 5.06. The number of hydrogen-bond acceptors (Lipinski definition) is 4. The number of hydrogen-bond donors (Lipinski definition) is 4. The van der Waals surface area contributed by atoms with E-state index in [1.807, 2.05) is 0 Å². The van der Waals surface area contributed by atoms with Crippen LogP contribution in [0, 0.1) is 5.41 Å². The standard InChI is InChI=1S/C11H12N6O/c12-9(13)7-3-1-6(2-4-7)8-5-18-11(16-8)17-10(14)15/h1-5H,(H3,12,13)(H4,14,15,16,17). The Morgan fingerprint density at radius 1 is 1.17 bits per heavy atom. The van der Waals surface area contributed by atoms with Crippen LogP contribution in [0.4, 0.5) is 6.01 Å². The molecule has 0 spiro atoms. The Balaban J connectivity index is 2.29. The van der Waals surface area contributed by atoms with Gasteiger partial charge in [0, 0.05) is 11.1 Å². The number of nitrogens with one attached hydrogen (secondary N) is 1. The molecule has 0 atom stereocenters. The lowest BCUT2D eigenvalue weighted by Crippen LogP contribution is -2.21. The number of aromatic nitrogens is 1. The highest BCUT2D eigenvalue weighted by Crippen LogP contribution is 2.22. The minimum Gasteiger partial charge on any atom is -0.430 e. The Hall–Kier alpha value is -2.83. The monoisotopic (exact) mass is 244 g/mol. The van der Waals surface area contributed by atoms with Gasteiger partial charge in [-0.25, -0.2) is 0 Å². The van der Waals surface area contributed by atoms with Crippen molar-refractivity contribution in [2.45, 2.75) is 0 Å². The molecule has 7 heteroatoms. The van der Waals surface area contributed by atoms with E-state index >= 15 is 0 Å². The second-order valence-electron chi connectivity index (χ2n) is 3.54. The topological polar surface area (TPSA) is 140 Å². The molecule has 1 aromatic carbocycles. The van der Waals surface area contributed by atoms with E-state index in [0.717, 1.165) is 5.56 Å². The van der Waals surface area contributed by atoms with Crippen molar-refractivity contribution in [3.05, 3.63) is 36.1 Å². The Kier molecular flexibility index (Phi) is 2.96. The van der Waals surface area contributed by atoms with E-state index in [2.05, 4.69) is 9.98 Å². The molecule has 0 aliphatic carbocycles. The number of amidine groups is 1.